The second kappa shape index (κ2) is 17.9. The van der Waals surface area contributed by atoms with Crippen molar-refractivity contribution in [1.82, 2.24) is 0 Å². The molecule has 0 spiro atoms. The Morgan fingerprint density at radius 2 is 0.930 bits per heavy atom. The van der Waals surface area contributed by atoms with Gasteiger partial charge in [0.15, 0.2) is 0 Å². The standard InChI is InChI=1S/C30H50F2O8Si3/c1-24(33)18-35-20-26-8-12-28(13-9-26)22-37-41(3,4)39-43(7,17-16-30(31)32)40-42(5,6)38-23-29-14-10-27(11-15-29)21-36-19-25(2)34/h8-15,24-25,30,33-34H,16-23H2,1-7H3. The van der Waals surface area contributed by atoms with Crippen LogP contribution in [-0.4, -0.2) is 67.7 Å². The smallest absolute Gasteiger partial charge is 0.323 e. The molecule has 2 unspecified atom stereocenters. The lowest BCUT2D eigenvalue weighted by molar-refractivity contribution is 0.0375. The molecular weight excluding hydrogens is 611 g/mol. The lowest BCUT2D eigenvalue weighted by Gasteiger charge is -2.39. The average Bonchev–Trinajstić information content (AvgIpc) is 2.90. The highest BCUT2D eigenvalue weighted by molar-refractivity contribution is 6.85. The van der Waals surface area contributed by atoms with Gasteiger partial charge in [0.2, 0.25) is 6.43 Å². The van der Waals surface area contributed by atoms with Crippen molar-refractivity contribution in [3.05, 3.63) is 70.8 Å². The summed E-state index contributed by atoms with van der Waals surface area (Å²) in [5.41, 5.74) is 3.89. The molecule has 0 saturated carbocycles. The second-order valence-corrected chi connectivity index (χ2v) is 22.6. The van der Waals surface area contributed by atoms with Gasteiger partial charge in [0.25, 0.3) is 0 Å². The maximum absolute atomic E-state index is 13.3. The van der Waals surface area contributed by atoms with Crippen molar-refractivity contribution >= 4 is 25.7 Å². The van der Waals surface area contributed by atoms with Crippen molar-refractivity contribution in [2.45, 2.75) is 104 Å². The molecule has 2 atom stereocenters. The van der Waals surface area contributed by atoms with E-state index in [1.54, 1.807) is 13.8 Å². The molecule has 2 N–H and O–H groups in total. The summed E-state index contributed by atoms with van der Waals surface area (Å²) in [6, 6.07) is 15.7. The van der Waals surface area contributed by atoms with Crippen LogP contribution in [0.3, 0.4) is 0 Å². The molecule has 0 fully saturated rings. The summed E-state index contributed by atoms with van der Waals surface area (Å²) in [5, 5.41) is 18.7. The molecule has 0 radical (unpaired) electrons. The summed E-state index contributed by atoms with van der Waals surface area (Å²) < 4.78 is 63.1. The molecule has 0 aliphatic carbocycles. The number of alkyl halides is 2. The van der Waals surface area contributed by atoms with Crippen molar-refractivity contribution < 1.29 is 45.5 Å². The summed E-state index contributed by atoms with van der Waals surface area (Å²) in [7, 11) is -8.65. The van der Waals surface area contributed by atoms with Gasteiger partial charge in [-0.2, -0.15) is 0 Å². The Morgan fingerprint density at radius 3 is 1.23 bits per heavy atom. The second-order valence-electron chi connectivity index (χ2n) is 12.0. The van der Waals surface area contributed by atoms with E-state index in [4.69, 9.17) is 26.6 Å². The van der Waals surface area contributed by atoms with Crippen molar-refractivity contribution in [3.8, 4) is 0 Å². The lowest BCUT2D eigenvalue weighted by atomic mass is 10.1. The maximum atomic E-state index is 13.3. The minimum Gasteiger partial charge on any atom is -0.415 e. The van der Waals surface area contributed by atoms with Gasteiger partial charge in [-0.3, -0.25) is 0 Å². The molecule has 0 saturated heterocycles. The number of aliphatic hydroxyl groups excluding tert-OH is 2. The van der Waals surface area contributed by atoms with Crippen LogP contribution in [0.25, 0.3) is 0 Å². The topological polar surface area (TPSA) is 95.8 Å². The fraction of sp³-hybridized carbons (Fsp3) is 0.600. The number of ether oxygens (including phenoxy) is 2. The van der Waals surface area contributed by atoms with Crippen molar-refractivity contribution in [1.29, 1.82) is 0 Å². The Bertz CT molecular complexity index is 979. The van der Waals surface area contributed by atoms with Crippen LogP contribution in [0, 0.1) is 0 Å². The quantitative estimate of drug-likeness (QED) is 0.149. The van der Waals surface area contributed by atoms with Gasteiger partial charge in [0, 0.05) is 6.42 Å². The van der Waals surface area contributed by atoms with Gasteiger partial charge < -0.3 is 36.8 Å². The third kappa shape index (κ3) is 16.5. The van der Waals surface area contributed by atoms with Gasteiger partial charge in [-0.05, 0) is 74.9 Å². The number of hydrogen-bond donors (Lipinski definition) is 2. The Hall–Kier alpha value is -1.37. The van der Waals surface area contributed by atoms with Gasteiger partial charge in [-0.1, -0.05) is 48.5 Å². The SMILES string of the molecule is CC(O)COCc1ccc(CO[Si](C)(C)O[Si](C)(CCC(F)F)O[Si](C)(C)OCc2ccc(COCC(C)O)cc2)cc1. The summed E-state index contributed by atoms with van der Waals surface area (Å²) in [6.07, 6.45) is -3.79. The summed E-state index contributed by atoms with van der Waals surface area (Å²) >= 11 is 0. The van der Waals surface area contributed by atoms with Crippen LogP contribution in [0.15, 0.2) is 48.5 Å². The first-order valence-electron chi connectivity index (χ1n) is 14.7. The molecule has 244 valence electrons. The molecule has 0 amide bonds. The fourth-order valence-corrected chi connectivity index (χ4v) is 16.2. The first kappa shape index (κ1) is 37.8. The Kier molecular flexibility index (Phi) is 15.8. The lowest BCUT2D eigenvalue weighted by Crippen LogP contribution is -2.56. The molecule has 0 aromatic heterocycles. The van der Waals surface area contributed by atoms with Crippen LogP contribution in [-0.2, 0) is 53.0 Å². The fourth-order valence-electron chi connectivity index (χ4n) is 4.27. The van der Waals surface area contributed by atoms with E-state index in [9.17, 15) is 19.0 Å². The van der Waals surface area contributed by atoms with E-state index >= 15 is 0 Å². The first-order chi connectivity index (χ1) is 20.1. The van der Waals surface area contributed by atoms with Crippen molar-refractivity contribution in [2.24, 2.45) is 0 Å². The number of benzene rings is 2. The third-order valence-corrected chi connectivity index (χ3v) is 16.5. The monoisotopic (exact) mass is 660 g/mol. The number of rotatable bonds is 21. The molecule has 0 aliphatic rings. The molecule has 0 bridgehead atoms. The van der Waals surface area contributed by atoms with Crippen LogP contribution in [0.1, 0.15) is 42.5 Å². The molecular formula is C30H50F2O8Si3. The van der Waals surface area contributed by atoms with E-state index in [2.05, 4.69) is 0 Å². The number of aliphatic hydroxyl groups is 2. The predicted octanol–water partition coefficient (Wildman–Crippen LogP) is 6.38. The normalized spacial score (nSPS) is 15.4. The highest BCUT2D eigenvalue weighted by atomic mass is 28.5. The first-order valence-corrected chi connectivity index (χ1v) is 22.9. The highest BCUT2D eigenvalue weighted by Gasteiger charge is 2.45. The largest absolute Gasteiger partial charge is 0.415 e. The zero-order valence-electron chi connectivity index (χ0n) is 26.6. The third-order valence-electron chi connectivity index (χ3n) is 6.21. The minimum atomic E-state index is -3.11. The highest BCUT2D eigenvalue weighted by Crippen LogP contribution is 2.29. The van der Waals surface area contributed by atoms with E-state index in [0.717, 1.165) is 22.3 Å². The molecule has 2 rings (SSSR count). The van der Waals surface area contributed by atoms with Gasteiger partial charge in [0.05, 0.1) is 51.8 Å². The van der Waals surface area contributed by atoms with Crippen LogP contribution in [0.5, 0.6) is 0 Å². The molecule has 0 aliphatic heterocycles. The Morgan fingerprint density at radius 1 is 0.605 bits per heavy atom. The van der Waals surface area contributed by atoms with Crippen LogP contribution < -0.4 is 0 Å². The zero-order valence-corrected chi connectivity index (χ0v) is 29.6. The predicted molar refractivity (Wildman–Crippen MR) is 169 cm³/mol. The van der Waals surface area contributed by atoms with Crippen molar-refractivity contribution in [2.75, 3.05) is 13.2 Å². The average molecular weight is 661 g/mol. The van der Waals surface area contributed by atoms with E-state index in [1.165, 1.54) is 0 Å². The summed E-state index contributed by atoms with van der Waals surface area (Å²) in [5.74, 6) is 0. The zero-order chi connectivity index (χ0) is 32.1. The van der Waals surface area contributed by atoms with Gasteiger partial charge >= 0.3 is 25.7 Å². The van der Waals surface area contributed by atoms with E-state index in [0.29, 0.717) is 26.4 Å². The van der Waals surface area contributed by atoms with Crippen molar-refractivity contribution in [3.63, 3.8) is 0 Å². The molecule has 8 nitrogen and oxygen atoms in total. The molecule has 13 heteroatoms. The molecule has 43 heavy (non-hydrogen) atoms. The van der Waals surface area contributed by atoms with Crippen LogP contribution >= 0.6 is 0 Å². The number of hydrogen-bond acceptors (Lipinski definition) is 8. The van der Waals surface area contributed by atoms with E-state index < -0.39 is 44.3 Å². The van der Waals surface area contributed by atoms with E-state index in [1.807, 2.05) is 81.3 Å². The minimum absolute atomic E-state index is 0.132. The molecule has 0 heterocycles. The Labute approximate surface area is 259 Å². The van der Waals surface area contributed by atoms with Crippen LogP contribution in [0.2, 0.25) is 38.8 Å². The number of halogens is 2. The summed E-state index contributed by atoms with van der Waals surface area (Å²) in [6.45, 7) is 14.8. The van der Waals surface area contributed by atoms with Gasteiger partial charge in [-0.25, -0.2) is 8.78 Å². The maximum Gasteiger partial charge on any atom is 0.323 e. The van der Waals surface area contributed by atoms with Crippen LogP contribution in [0.4, 0.5) is 8.78 Å². The molecule has 2 aromatic rings. The Balaban J connectivity index is 1.96. The van der Waals surface area contributed by atoms with Gasteiger partial charge in [0.1, 0.15) is 0 Å². The van der Waals surface area contributed by atoms with E-state index in [-0.39, 0.29) is 25.7 Å². The molecule has 2 aromatic carbocycles. The van der Waals surface area contributed by atoms with Gasteiger partial charge in [-0.15, -0.1) is 0 Å². The summed E-state index contributed by atoms with van der Waals surface area (Å²) in [4.78, 5) is 0.